The van der Waals surface area contributed by atoms with Gasteiger partial charge in [0.2, 0.25) is 5.95 Å². The SMILES string of the molecule is CCc1ccc(Nc2ccnc(NCCN(C)C)n2)cc1. The Morgan fingerprint density at radius 3 is 2.52 bits per heavy atom. The minimum Gasteiger partial charge on any atom is -0.353 e. The van der Waals surface area contributed by atoms with Crippen molar-refractivity contribution in [3.8, 4) is 0 Å². The molecule has 1 aromatic carbocycles. The molecule has 2 rings (SSSR count). The third kappa shape index (κ3) is 5.04. The fourth-order valence-electron chi connectivity index (χ4n) is 1.88. The van der Waals surface area contributed by atoms with Crippen LogP contribution in [-0.4, -0.2) is 42.1 Å². The molecule has 0 aliphatic carbocycles. The van der Waals surface area contributed by atoms with Crippen LogP contribution >= 0.6 is 0 Å². The molecule has 21 heavy (non-hydrogen) atoms. The molecule has 0 radical (unpaired) electrons. The third-order valence-electron chi connectivity index (χ3n) is 3.13. The van der Waals surface area contributed by atoms with E-state index in [0.717, 1.165) is 31.0 Å². The monoisotopic (exact) mass is 285 g/mol. The summed E-state index contributed by atoms with van der Waals surface area (Å²) in [5.74, 6) is 1.44. The highest BCUT2D eigenvalue weighted by Crippen LogP contribution is 2.16. The van der Waals surface area contributed by atoms with Gasteiger partial charge in [0.1, 0.15) is 5.82 Å². The highest BCUT2D eigenvalue weighted by Gasteiger charge is 2.00. The molecule has 0 bridgehead atoms. The first-order chi connectivity index (χ1) is 10.2. The minimum absolute atomic E-state index is 0.645. The van der Waals surface area contributed by atoms with Crippen molar-refractivity contribution in [1.29, 1.82) is 0 Å². The molecule has 0 amide bonds. The summed E-state index contributed by atoms with van der Waals surface area (Å²) >= 11 is 0. The summed E-state index contributed by atoms with van der Waals surface area (Å²) in [6.07, 6.45) is 2.81. The number of nitrogens with one attached hydrogen (secondary N) is 2. The normalized spacial score (nSPS) is 10.7. The molecule has 112 valence electrons. The van der Waals surface area contributed by atoms with Gasteiger partial charge in [-0.2, -0.15) is 4.98 Å². The largest absolute Gasteiger partial charge is 0.353 e. The maximum Gasteiger partial charge on any atom is 0.224 e. The van der Waals surface area contributed by atoms with Crippen LogP contribution in [0, 0.1) is 0 Å². The molecule has 0 saturated carbocycles. The Bertz CT molecular complexity index is 551. The van der Waals surface area contributed by atoms with Crippen LogP contribution in [0.1, 0.15) is 12.5 Å². The van der Waals surface area contributed by atoms with E-state index in [1.807, 2.05) is 20.2 Å². The number of anilines is 3. The molecular weight excluding hydrogens is 262 g/mol. The average Bonchev–Trinajstić information content (AvgIpc) is 2.48. The van der Waals surface area contributed by atoms with Crippen molar-refractivity contribution in [3.63, 3.8) is 0 Å². The van der Waals surface area contributed by atoms with Crippen molar-refractivity contribution in [3.05, 3.63) is 42.1 Å². The highest BCUT2D eigenvalue weighted by molar-refractivity contribution is 5.57. The van der Waals surface area contributed by atoms with Gasteiger partial charge in [0, 0.05) is 25.0 Å². The van der Waals surface area contributed by atoms with Crippen LogP contribution in [0.4, 0.5) is 17.5 Å². The van der Waals surface area contributed by atoms with Gasteiger partial charge in [-0.25, -0.2) is 4.98 Å². The Hall–Kier alpha value is -2.14. The minimum atomic E-state index is 0.645. The number of benzene rings is 1. The van der Waals surface area contributed by atoms with Crippen LogP contribution in [0.25, 0.3) is 0 Å². The van der Waals surface area contributed by atoms with Gasteiger partial charge in [-0.3, -0.25) is 0 Å². The smallest absolute Gasteiger partial charge is 0.224 e. The molecule has 5 heteroatoms. The second kappa shape index (κ2) is 7.59. The van der Waals surface area contributed by atoms with Gasteiger partial charge in [0.15, 0.2) is 0 Å². The maximum absolute atomic E-state index is 4.46. The van der Waals surface area contributed by atoms with Crippen molar-refractivity contribution < 1.29 is 0 Å². The van der Waals surface area contributed by atoms with Crippen LogP contribution in [0.15, 0.2) is 36.5 Å². The molecule has 0 unspecified atom stereocenters. The standard InChI is InChI=1S/C16H23N5/c1-4-13-5-7-14(8-6-13)19-15-9-10-17-16(20-15)18-11-12-21(2)3/h5-10H,4,11-12H2,1-3H3,(H2,17,18,19,20). The predicted octanol–water partition coefficient (Wildman–Crippen LogP) is 2.76. The molecular formula is C16H23N5. The number of aromatic nitrogens is 2. The fraction of sp³-hybridized carbons (Fsp3) is 0.375. The molecule has 0 aliphatic heterocycles. The number of hydrogen-bond acceptors (Lipinski definition) is 5. The zero-order valence-electron chi connectivity index (χ0n) is 12.9. The van der Waals surface area contributed by atoms with Crippen LogP contribution in [-0.2, 0) is 6.42 Å². The third-order valence-corrected chi connectivity index (χ3v) is 3.13. The Balaban J connectivity index is 1.96. The molecule has 0 atom stereocenters. The van der Waals surface area contributed by atoms with E-state index >= 15 is 0 Å². The quantitative estimate of drug-likeness (QED) is 0.819. The lowest BCUT2D eigenvalue weighted by atomic mass is 10.1. The summed E-state index contributed by atoms with van der Waals surface area (Å²) in [6.45, 7) is 3.92. The van der Waals surface area contributed by atoms with Crippen LogP contribution in [0.2, 0.25) is 0 Å². The molecule has 0 spiro atoms. The average molecular weight is 285 g/mol. The van der Waals surface area contributed by atoms with Crippen LogP contribution < -0.4 is 10.6 Å². The summed E-state index contributed by atoms with van der Waals surface area (Å²) in [5, 5.41) is 6.51. The Morgan fingerprint density at radius 2 is 1.86 bits per heavy atom. The number of likely N-dealkylation sites (N-methyl/N-ethyl adjacent to an activating group) is 1. The van der Waals surface area contributed by atoms with Crippen molar-refractivity contribution in [1.82, 2.24) is 14.9 Å². The van der Waals surface area contributed by atoms with Crippen LogP contribution in [0.5, 0.6) is 0 Å². The first-order valence-electron chi connectivity index (χ1n) is 7.25. The van der Waals surface area contributed by atoms with E-state index in [9.17, 15) is 0 Å². The summed E-state index contributed by atoms with van der Waals surface area (Å²) < 4.78 is 0. The van der Waals surface area contributed by atoms with Crippen molar-refractivity contribution in [2.24, 2.45) is 0 Å². The summed E-state index contributed by atoms with van der Waals surface area (Å²) in [4.78, 5) is 10.8. The molecule has 2 aromatic rings. The second-order valence-electron chi connectivity index (χ2n) is 5.17. The summed E-state index contributed by atoms with van der Waals surface area (Å²) in [6, 6.07) is 10.3. The number of nitrogens with zero attached hydrogens (tertiary/aromatic N) is 3. The first-order valence-corrected chi connectivity index (χ1v) is 7.25. The van der Waals surface area contributed by atoms with Gasteiger partial charge >= 0.3 is 0 Å². The zero-order valence-corrected chi connectivity index (χ0v) is 12.9. The van der Waals surface area contributed by atoms with Gasteiger partial charge in [-0.05, 0) is 44.3 Å². The van der Waals surface area contributed by atoms with E-state index in [-0.39, 0.29) is 0 Å². The van der Waals surface area contributed by atoms with Gasteiger partial charge in [-0.15, -0.1) is 0 Å². The van der Waals surface area contributed by atoms with E-state index in [1.54, 1.807) is 6.20 Å². The topological polar surface area (TPSA) is 53.1 Å². The number of rotatable bonds is 7. The molecule has 1 aromatic heterocycles. The van der Waals surface area contributed by atoms with E-state index in [0.29, 0.717) is 5.95 Å². The van der Waals surface area contributed by atoms with Crippen molar-refractivity contribution in [2.75, 3.05) is 37.8 Å². The second-order valence-corrected chi connectivity index (χ2v) is 5.17. The van der Waals surface area contributed by atoms with Crippen molar-refractivity contribution >= 4 is 17.5 Å². The predicted molar refractivity (Wildman–Crippen MR) is 88.2 cm³/mol. The molecule has 0 aliphatic rings. The van der Waals surface area contributed by atoms with Gasteiger partial charge < -0.3 is 15.5 Å². The Labute approximate surface area is 126 Å². The molecule has 1 heterocycles. The van der Waals surface area contributed by atoms with E-state index in [4.69, 9.17) is 0 Å². The summed E-state index contributed by atoms with van der Waals surface area (Å²) in [7, 11) is 4.08. The molecule has 2 N–H and O–H groups in total. The van der Waals surface area contributed by atoms with Crippen molar-refractivity contribution in [2.45, 2.75) is 13.3 Å². The Kier molecular flexibility index (Phi) is 5.51. The van der Waals surface area contributed by atoms with Gasteiger partial charge in [-0.1, -0.05) is 19.1 Å². The maximum atomic E-state index is 4.46. The number of aryl methyl sites for hydroxylation is 1. The Morgan fingerprint density at radius 1 is 1.10 bits per heavy atom. The lowest BCUT2D eigenvalue weighted by Crippen LogP contribution is -2.21. The fourth-order valence-corrected chi connectivity index (χ4v) is 1.88. The molecule has 0 fully saturated rings. The molecule has 0 saturated heterocycles. The van der Waals surface area contributed by atoms with E-state index in [1.165, 1.54) is 5.56 Å². The zero-order chi connectivity index (χ0) is 15.1. The number of hydrogen-bond donors (Lipinski definition) is 2. The summed E-state index contributed by atoms with van der Waals surface area (Å²) in [5.41, 5.74) is 2.36. The van der Waals surface area contributed by atoms with E-state index < -0.39 is 0 Å². The highest BCUT2D eigenvalue weighted by atomic mass is 15.2. The van der Waals surface area contributed by atoms with Crippen LogP contribution in [0.3, 0.4) is 0 Å². The van der Waals surface area contributed by atoms with E-state index in [2.05, 4.69) is 56.7 Å². The molecule has 5 nitrogen and oxygen atoms in total. The lowest BCUT2D eigenvalue weighted by Gasteiger charge is -2.11. The lowest BCUT2D eigenvalue weighted by molar-refractivity contribution is 0.425. The van der Waals surface area contributed by atoms with Gasteiger partial charge in [0.05, 0.1) is 0 Å². The first kappa shape index (κ1) is 15.3. The van der Waals surface area contributed by atoms with Gasteiger partial charge in [0.25, 0.3) is 0 Å².